The smallest absolute Gasteiger partial charge is 0.266 e. The number of thiocarbonyl (C=S) groups is 1. The van der Waals surface area contributed by atoms with Crippen LogP contribution < -0.4 is 14.2 Å². The molecule has 0 aliphatic carbocycles. The summed E-state index contributed by atoms with van der Waals surface area (Å²) in [5.41, 5.74) is 1.79. The number of benzene rings is 2. The monoisotopic (exact) mass is 493 g/mol. The van der Waals surface area contributed by atoms with E-state index in [1.165, 1.54) is 11.8 Å². The summed E-state index contributed by atoms with van der Waals surface area (Å²) in [5, 5.41) is 0. The van der Waals surface area contributed by atoms with E-state index in [9.17, 15) is 4.79 Å². The van der Waals surface area contributed by atoms with Crippen LogP contribution in [0.3, 0.4) is 0 Å². The molecule has 0 N–H and O–H groups in total. The maximum absolute atomic E-state index is 12.9. The molecule has 2 aromatic rings. The van der Waals surface area contributed by atoms with E-state index in [0.29, 0.717) is 33.9 Å². The number of methoxy groups -OCH3 is 2. The van der Waals surface area contributed by atoms with Crippen molar-refractivity contribution in [3.8, 4) is 17.2 Å². The summed E-state index contributed by atoms with van der Waals surface area (Å²) in [4.78, 5) is 15.1. The molecule has 152 valence electrons. The number of hydrogen-bond acceptors (Lipinski definition) is 6. The third-order valence-corrected chi connectivity index (χ3v) is 6.31. The van der Waals surface area contributed by atoms with Crippen molar-refractivity contribution in [1.82, 2.24) is 4.90 Å². The Morgan fingerprint density at radius 1 is 1.14 bits per heavy atom. The fourth-order valence-electron chi connectivity index (χ4n) is 2.78. The molecule has 1 fully saturated rings. The first-order valence-electron chi connectivity index (χ1n) is 8.85. The Labute approximate surface area is 188 Å². The predicted molar refractivity (Wildman–Crippen MR) is 124 cm³/mol. The van der Waals surface area contributed by atoms with Crippen LogP contribution in [0.5, 0.6) is 17.2 Å². The minimum atomic E-state index is -0.115. The minimum Gasteiger partial charge on any atom is -0.497 e. The molecule has 0 unspecified atom stereocenters. The quantitative estimate of drug-likeness (QED) is 0.386. The lowest BCUT2D eigenvalue weighted by molar-refractivity contribution is -0.122. The molecule has 29 heavy (non-hydrogen) atoms. The van der Waals surface area contributed by atoms with Crippen molar-refractivity contribution >= 4 is 56.2 Å². The van der Waals surface area contributed by atoms with Crippen molar-refractivity contribution in [2.45, 2.75) is 13.5 Å². The molecule has 3 rings (SSSR count). The summed E-state index contributed by atoms with van der Waals surface area (Å²) < 4.78 is 17.5. The Morgan fingerprint density at radius 2 is 1.86 bits per heavy atom. The van der Waals surface area contributed by atoms with Gasteiger partial charge in [0.05, 0.1) is 32.3 Å². The fourth-order valence-corrected chi connectivity index (χ4v) is 4.46. The molecule has 1 aliphatic heterocycles. The van der Waals surface area contributed by atoms with Gasteiger partial charge in [-0.2, -0.15) is 0 Å². The molecule has 0 bridgehead atoms. The van der Waals surface area contributed by atoms with E-state index in [-0.39, 0.29) is 5.91 Å². The lowest BCUT2D eigenvalue weighted by Gasteiger charge is -2.14. The van der Waals surface area contributed by atoms with Crippen LogP contribution in [0, 0.1) is 0 Å². The second kappa shape index (κ2) is 9.65. The van der Waals surface area contributed by atoms with Gasteiger partial charge in [0.25, 0.3) is 5.91 Å². The second-order valence-corrected chi connectivity index (χ2v) is 8.60. The molecule has 0 aromatic heterocycles. The molecule has 2 aromatic carbocycles. The number of ether oxygens (including phenoxy) is 3. The van der Waals surface area contributed by atoms with Gasteiger partial charge in [-0.3, -0.25) is 9.69 Å². The van der Waals surface area contributed by atoms with Gasteiger partial charge in [-0.25, -0.2) is 0 Å². The number of rotatable bonds is 7. The van der Waals surface area contributed by atoms with Gasteiger partial charge in [0.2, 0.25) is 0 Å². The number of carbonyl (C=O) groups excluding carboxylic acids is 1. The summed E-state index contributed by atoms with van der Waals surface area (Å²) in [6.45, 7) is 2.86. The van der Waals surface area contributed by atoms with Crippen LogP contribution in [0.4, 0.5) is 0 Å². The Hall–Kier alpha value is -2.03. The van der Waals surface area contributed by atoms with Gasteiger partial charge < -0.3 is 14.2 Å². The Balaban J connectivity index is 1.83. The first kappa shape index (κ1) is 21.7. The van der Waals surface area contributed by atoms with E-state index in [4.69, 9.17) is 26.4 Å². The van der Waals surface area contributed by atoms with Crippen LogP contribution in [-0.2, 0) is 11.3 Å². The van der Waals surface area contributed by atoms with E-state index in [1.807, 2.05) is 49.4 Å². The number of hydrogen-bond donors (Lipinski definition) is 0. The highest BCUT2D eigenvalue weighted by atomic mass is 79.9. The van der Waals surface area contributed by atoms with E-state index >= 15 is 0 Å². The number of amides is 1. The zero-order chi connectivity index (χ0) is 21.0. The maximum Gasteiger partial charge on any atom is 0.266 e. The van der Waals surface area contributed by atoms with Gasteiger partial charge in [-0.1, -0.05) is 52.0 Å². The van der Waals surface area contributed by atoms with Gasteiger partial charge in [0, 0.05) is 4.47 Å². The van der Waals surface area contributed by atoms with Gasteiger partial charge in [-0.05, 0) is 48.4 Å². The average molecular weight is 494 g/mol. The number of halogens is 1. The largest absolute Gasteiger partial charge is 0.497 e. The second-order valence-electron chi connectivity index (χ2n) is 6.07. The molecule has 0 saturated carbocycles. The highest BCUT2D eigenvalue weighted by molar-refractivity contribution is 9.10. The summed E-state index contributed by atoms with van der Waals surface area (Å²) in [6, 6.07) is 11.3. The molecule has 5 nitrogen and oxygen atoms in total. The van der Waals surface area contributed by atoms with Crippen LogP contribution in [0.2, 0.25) is 0 Å². The molecule has 8 heteroatoms. The molecule has 1 amide bonds. The molecule has 1 heterocycles. The van der Waals surface area contributed by atoms with Gasteiger partial charge in [0.15, 0.2) is 11.5 Å². The molecule has 1 saturated heterocycles. The highest BCUT2D eigenvalue weighted by Gasteiger charge is 2.32. The minimum absolute atomic E-state index is 0.115. The lowest BCUT2D eigenvalue weighted by atomic mass is 10.1. The normalized spacial score (nSPS) is 15.2. The van der Waals surface area contributed by atoms with Crippen LogP contribution in [-0.4, -0.2) is 36.0 Å². The topological polar surface area (TPSA) is 48.0 Å². The molecule has 1 aliphatic rings. The SMILES string of the molecule is CCOc1cc(Br)c(/C=C2\SC(=S)N(Cc3ccc(OC)cc3)C2=O)cc1OC. The van der Waals surface area contributed by atoms with Gasteiger partial charge in [0.1, 0.15) is 10.1 Å². The van der Waals surface area contributed by atoms with Crippen molar-refractivity contribution in [3.05, 3.63) is 56.9 Å². The molecule has 0 atom stereocenters. The van der Waals surface area contributed by atoms with Gasteiger partial charge in [-0.15, -0.1) is 0 Å². The number of carbonyl (C=O) groups is 1. The molecular weight excluding hydrogens is 474 g/mol. The van der Waals surface area contributed by atoms with E-state index < -0.39 is 0 Å². The number of nitrogens with zero attached hydrogens (tertiary/aromatic N) is 1. The summed E-state index contributed by atoms with van der Waals surface area (Å²) >= 11 is 10.3. The Morgan fingerprint density at radius 3 is 2.48 bits per heavy atom. The van der Waals surface area contributed by atoms with Crippen molar-refractivity contribution in [2.24, 2.45) is 0 Å². The molecule has 0 radical (unpaired) electrons. The van der Waals surface area contributed by atoms with E-state index in [2.05, 4.69) is 15.9 Å². The van der Waals surface area contributed by atoms with Crippen molar-refractivity contribution in [2.75, 3.05) is 20.8 Å². The lowest BCUT2D eigenvalue weighted by Crippen LogP contribution is -2.27. The average Bonchev–Trinajstić information content (AvgIpc) is 2.98. The third-order valence-electron chi connectivity index (χ3n) is 4.24. The summed E-state index contributed by atoms with van der Waals surface area (Å²) in [5.74, 6) is 1.91. The third kappa shape index (κ3) is 4.94. The highest BCUT2D eigenvalue weighted by Crippen LogP contribution is 2.38. The molecule has 0 spiro atoms. The van der Waals surface area contributed by atoms with Crippen molar-refractivity contribution in [3.63, 3.8) is 0 Å². The van der Waals surface area contributed by atoms with E-state index in [1.54, 1.807) is 19.1 Å². The first-order chi connectivity index (χ1) is 14.0. The standard InChI is InChI=1S/C21H20BrNO4S2/c1-4-27-18-11-16(22)14(9-17(18)26-3)10-19-20(24)23(21(28)29-19)12-13-5-7-15(25-2)8-6-13/h5-11H,4,12H2,1-3H3/b19-10-. The Bertz CT molecular complexity index is 960. The van der Waals surface area contributed by atoms with Crippen LogP contribution in [0.15, 0.2) is 45.8 Å². The summed E-state index contributed by atoms with van der Waals surface area (Å²) in [7, 11) is 3.21. The predicted octanol–water partition coefficient (Wildman–Crippen LogP) is 5.27. The van der Waals surface area contributed by atoms with Crippen molar-refractivity contribution in [1.29, 1.82) is 0 Å². The van der Waals surface area contributed by atoms with Crippen LogP contribution in [0.1, 0.15) is 18.1 Å². The van der Waals surface area contributed by atoms with Crippen LogP contribution in [0.25, 0.3) is 6.08 Å². The Kier molecular flexibility index (Phi) is 7.21. The molecular formula is C21H20BrNO4S2. The van der Waals surface area contributed by atoms with Crippen LogP contribution >= 0.6 is 39.9 Å². The van der Waals surface area contributed by atoms with Crippen molar-refractivity contribution < 1.29 is 19.0 Å². The first-order valence-corrected chi connectivity index (χ1v) is 10.9. The summed E-state index contributed by atoms with van der Waals surface area (Å²) in [6.07, 6.45) is 1.82. The van der Waals surface area contributed by atoms with E-state index in [0.717, 1.165) is 21.3 Å². The zero-order valence-electron chi connectivity index (χ0n) is 16.2. The fraction of sp³-hybridized carbons (Fsp3) is 0.238. The van der Waals surface area contributed by atoms with Gasteiger partial charge >= 0.3 is 0 Å². The maximum atomic E-state index is 12.9. The zero-order valence-corrected chi connectivity index (χ0v) is 19.4. The number of thioether (sulfide) groups is 1.